The molecule has 0 aliphatic heterocycles. The monoisotopic (exact) mass is 141 g/mol. The minimum atomic E-state index is 0.361. The molecule has 0 aliphatic carbocycles. The summed E-state index contributed by atoms with van der Waals surface area (Å²) in [6.07, 6.45) is 3.66. The molecule has 0 fully saturated rings. The average molecular weight is 141 g/mol. The van der Waals surface area contributed by atoms with E-state index in [1.165, 1.54) is 6.42 Å². The fourth-order valence-electron chi connectivity index (χ4n) is 1.27. The van der Waals surface area contributed by atoms with Crippen molar-refractivity contribution < 1.29 is 0 Å². The molecule has 0 saturated heterocycles. The normalized spacial score (nSPS) is 13.8. The van der Waals surface area contributed by atoms with E-state index >= 15 is 0 Å². The third kappa shape index (κ3) is 4.84. The van der Waals surface area contributed by atoms with Gasteiger partial charge < -0.3 is 6.42 Å². The van der Waals surface area contributed by atoms with Crippen molar-refractivity contribution in [2.75, 3.05) is 0 Å². The van der Waals surface area contributed by atoms with Crippen LogP contribution in [0.1, 0.15) is 48.0 Å². The highest BCUT2D eigenvalue weighted by molar-refractivity contribution is 4.92. The number of rotatable bonds is 2. The summed E-state index contributed by atoms with van der Waals surface area (Å²) in [5.74, 6) is 0. The van der Waals surface area contributed by atoms with Gasteiger partial charge in [0.05, 0.1) is 0 Å². The van der Waals surface area contributed by atoms with Crippen molar-refractivity contribution in [3.05, 3.63) is 6.42 Å². The summed E-state index contributed by atoms with van der Waals surface area (Å²) in [6, 6.07) is 0. The van der Waals surface area contributed by atoms with Crippen LogP contribution in [-0.2, 0) is 0 Å². The zero-order valence-corrected chi connectivity index (χ0v) is 8.28. The number of hydrogen-bond donors (Lipinski definition) is 0. The highest BCUT2D eigenvalue weighted by atomic mass is 14.3. The van der Waals surface area contributed by atoms with Crippen molar-refractivity contribution in [3.63, 3.8) is 0 Å². The largest absolute Gasteiger partial charge is 0.318 e. The van der Waals surface area contributed by atoms with Gasteiger partial charge >= 0.3 is 0 Å². The summed E-state index contributed by atoms with van der Waals surface area (Å²) in [5.41, 5.74) is 0.762. The van der Waals surface area contributed by atoms with Crippen LogP contribution in [0.25, 0.3) is 0 Å². The second kappa shape index (κ2) is 2.94. The van der Waals surface area contributed by atoms with Crippen LogP contribution < -0.4 is 0 Å². The van der Waals surface area contributed by atoms with Gasteiger partial charge in [0.15, 0.2) is 0 Å². The summed E-state index contributed by atoms with van der Waals surface area (Å²) in [5, 5.41) is 0. The number of hydrogen-bond acceptors (Lipinski definition) is 0. The van der Waals surface area contributed by atoms with Crippen molar-refractivity contribution in [2.24, 2.45) is 10.8 Å². The van der Waals surface area contributed by atoms with Gasteiger partial charge in [-0.1, -0.05) is 48.0 Å². The van der Waals surface area contributed by atoms with Crippen molar-refractivity contribution in [3.8, 4) is 0 Å². The molecule has 0 aliphatic rings. The molecule has 0 atom stereocenters. The lowest BCUT2D eigenvalue weighted by Gasteiger charge is -2.43. The topological polar surface area (TPSA) is 0 Å². The highest BCUT2D eigenvalue weighted by Crippen LogP contribution is 2.33. The van der Waals surface area contributed by atoms with Crippen LogP contribution >= 0.6 is 0 Å². The lowest BCUT2D eigenvalue weighted by Crippen LogP contribution is -2.20. The minimum Gasteiger partial charge on any atom is -0.318 e. The van der Waals surface area contributed by atoms with E-state index < -0.39 is 0 Å². The molecule has 0 rings (SSSR count). The molecule has 0 aromatic carbocycles. The summed E-state index contributed by atoms with van der Waals surface area (Å²) in [6.45, 7) is 13.6. The fraction of sp³-hybridized carbons (Fsp3) is 0.900. The van der Waals surface area contributed by atoms with Crippen LogP contribution in [0.3, 0.4) is 0 Å². The molecule has 10 heavy (non-hydrogen) atoms. The molecule has 0 aromatic rings. The fourth-order valence-corrected chi connectivity index (χ4v) is 1.27. The maximum atomic E-state index is 2.43. The van der Waals surface area contributed by atoms with E-state index in [1.807, 2.05) is 0 Å². The average Bonchev–Trinajstić information content (AvgIpc) is 1.60. The van der Waals surface area contributed by atoms with Crippen molar-refractivity contribution >= 4 is 0 Å². The Balaban J connectivity index is 3.89. The predicted octanol–water partition coefficient (Wildman–Crippen LogP) is 3.67. The first-order valence-corrected chi connectivity index (χ1v) is 4.14. The second-order valence-corrected chi connectivity index (χ2v) is 4.85. The van der Waals surface area contributed by atoms with Crippen LogP contribution in [0, 0.1) is 17.3 Å². The first-order valence-electron chi connectivity index (χ1n) is 4.14. The molecule has 0 unspecified atom stereocenters. The van der Waals surface area contributed by atoms with Crippen LogP contribution in [0.2, 0.25) is 0 Å². The Morgan fingerprint density at radius 1 is 1.00 bits per heavy atom. The maximum absolute atomic E-state index is 2.43. The Morgan fingerprint density at radius 2 is 1.40 bits per heavy atom. The molecular weight excluding hydrogens is 120 g/mol. The zero-order valence-electron chi connectivity index (χ0n) is 8.28. The van der Waals surface area contributed by atoms with Gasteiger partial charge in [-0.2, -0.15) is 10.8 Å². The van der Waals surface area contributed by atoms with Crippen molar-refractivity contribution in [1.29, 1.82) is 0 Å². The zero-order chi connectivity index (χ0) is 8.41. The lowest BCUT2D eigenvalue weighted by molar-refractivity contribution is 0.316. The van der Waals surface area contributed by atoms with Gasteiger partial charge in [0.2, 0.25) is 0 Å². The highest BCUT2D eigenvalue weighted by Gasteiger charge is 2.11. The van der Waals surface area contributed by atoms with Gasteiger partial charge in [0, 0.05) is 0 Å². The van der Waals surface area contributed by atoms with Gasteiger partial charge in [-0.05, 0) is 0 Å². The van der Waals surface area contributed by atoms with Crippen LogP contribution in [-0.4, -0.2) is 0 Å². The van der Waals surface area contributed by atoms with E-state index in [2.05, 4.69) is 48.0 Å². The summed E-state index contributed by atoms with van der Waals surface area (Å²) < 4.78 is 0. The molecule has 0 N–H and O–H groups in total. The quantitative estimate of drug-likeness (QED) is 0.515. The van der Waals surface area contributed by atoms with E-state index in [1.54, 1.807) is 0 Å². The third-order valence-electron chi connectivity index (χ3n) is 1.73. The first kappa shape index (κ1) is 10.0. The summed E-state index contributed by atoms with van der Waals surface area (Å²) in [7, 11) is 0. The molecule has 0 radical (unpaired) electrons. The van der Waals surface area contributed by atoms with E-state index in [4.69, 9.17) is 0 Å². The molecule has 0 nitrogen and oxygen atoms in total. The first-order chi connectivity index (χ1) is 4.27. The van der Waals surface area contributed by atoms with Gasteiger partial charge in [0.25, 0.3) is 0 Å². The van der Waals surface area contributed by atoms with Crippen molar-refractivity contribution in [2.45, 2.75) is 48.0 Å². The molecule has 0 heteroatoms. The summed E-state index contributed by atoms with van der Waals surface area (Å²) in [4.78, 5) is 0. The Labute approximate surface area is 66.0 Å². The van der Waals surface area contributed by atoms with E-state index in [0.717, 1.165) is 0 Å². The Morgan fingerprint density at radius 3 is 1.50 bits per heavy atom. The predicted molar refractivity (Wildman–Crippen MR) is 47.8 cm³/mol. The van der Waals surface area contributed by atoms with Gasteiger partial charge in [-0.25, -0.2) is 0 Å². The van der Waals surface area contributed by atoms with E-state index in [0.29, 0.717) is 10.8 Å². The Kier molecular flexibility index (Phi) is 2.94. The SMILES string of the molecule is CCC(C)(C)[CH-]C(C)(C)C. The molecule has 0 bridgehead atoms. The Bertz CT molecular complexity index is 93.1. The Hall–Kier alpha value is 0. The molecular formula is C10H21-. The van der Waals surface area contributed by atoms with Gasteiger partial charge in [0.1, 0.15) is 0 Å². The van der Waals surface area contributed by atoms with Gasteiger partial charge in [-0.3, -0.25) is 0 Å². The van der Waals surface area contributed by atoms with Crippen molar-refractivity contribution in [1.82, 2.24) is 0 Å². The smallest absolute Gasteiger partial charge is 0.0673 e. The molecule has 0 spiro atoms. The van der Waals surface area contributed by atoms with Crippen LogP contribution in [0.4, 0.5) is 0 Å². The standard InChI is InChI=1S/C10H21/c1-7-10(5,6)8-9(2,3)4/h8H,7H2,1-6H3/q-1. The maximum Gasteiger partial charge on any atom is -0.0673 e. The van der Waals surface area contributed by atoms with Gasteiger partial charge in [-0.15, -0.1) is 0 Å². The third-order valence-corrected chi connectivity index (χ3v) is 1.73. The molecule has 0 amide bonds. The molecule has 0 aromatic heterocycles. The lowest BCUT2D eigenvalue weighted by atomic mass is 9.75. The molecule has 0 heterocycles. The van der Waals surface area contributed by atoms with E-state index in [9.17, 15) is 0 Å². The summed E-state index contributed by atoms with van der Waals surface area (Å²) >= 11 is 0. The van der Waals surface area contributed by atoms with Crippen LogP contribution in [0.5, 0.6) is 0 Å². The van der Waals surface area contributed by atoms with E-state index in [-0.39, 0.29) is 0 Å². The van der Waals surface area contributed by atoms with Crippen LogP contribution in [0.15, 0.2) is 0 Å². The second-order valence-electron chi connectivity index (χ2n) is 4.85. The molecule has 62 valence electrons. The molecule has 0 saturated carbocycles. The minimum absolute atomic E-state index is 0.361.